The average Bonchev–Trinajstić information content (AvgIpc) is 3.08. The van der Waals surface area contributed by atoms with Crippen molar-refractivity contribution < 1.29 is 4.92 Å². The maximum atomic E-state index is 10.7. The normalized spacial score (nSPS) is 15.6. The highest BCUT2D eigenvalue weighted by Gasteiger charge is 2.19. The summed E-state index contributed by atoms with van der Waals surface area (Å²) in [4.78, 5) is 10.3. The van der Waals surface area contributed by atoms with Gasteiger partial charge in [0.2, 0.25) is 0 Å². The van der Waals surface area contributed by atoms with Crippen molar-refractivity contribution in [1.29, 1.82) is 0 Å². The number of aromatic nitrogens is 2. The first-order chi connectivity index (χ1) is 9.65. The molecule has 6 heteroatoms. The van der Waals surface area contributed by atoms with E-state index in [-0.39, 0.29) is 5.69 Å². The lowest BCUT2D eigenvalue weighted by Gasteiger charge is -2.06. The lowest BCUT2D eigenvalue weighted by Crippen LogP contribution is -1.99. The molecule has 1 heterocycles. The fraction of sp³-hybridized carbons (Fsp3) is 0.357. The number of nitrogens with zero attached hydrogens (tertiary/aromatic N) is 2. The molecule has 2 aromatic rings. The molecule has 0 amide bonds. The van der Waals surface area contributed by atoms with E-state index < -0.39 is 4.92 Å². The highest BCUT2D eigenvalue weighted by Crippen LogP contribution is 2.33. The van der Waals surface area contributed by atoms with Gasteiger partial charge in [-0.05, 0) is 31.0 Å². The predicted octanol–water partition coefficient (Wildman–Crippen LogP) is 4.10. The minimum atomic E-state index is -0.401. The molecule has 0 atom stereocenters. The molecule has 0 aliphatic heterocycles. The standard InChI is InChI=1S/C14H15N3O2S/c18-17(19)12-7-5-11(6-8-12)16-14(20)9-13(15-16)10-3-1-2-4-10/h5-10,15H,1-4H2. The van der Waals surface area contributed by atoms with Crippen molar-refractivity contribution in [1.82, 2.24) is 9.78 Å². The molecule has 5 nitrogen and oxygen atoms in total. The van der Waals surface area contributed by atoms with Crippen molar-refractivity contribution in [2.75, 3.05) is 0 Å². The number of hydrogen-bond acceptors (Lipinski definition) is 3. The van der Waals surface area contributed by atoms with Gasteiger partial charge in [0, 0.05) is 23.7 Å². The molecule has 3 rings (SSSR count). The van der Waals surface area contributed by atoms with Crippen LogP contribution < -0.4 is 0 Å². The number of nitrogens with one attached hydrogen (secondary N) is 1. The summed E-state index contributed by atoms with van der Waals surface area (Å²) in [6, 6.07) is 8.42. The quantitative estimate of drug-likeness (QED) is 0.525. The summed E-state index contributed by atoms with van der Waals surface area (Å²) in [6.45, 7) is 0. The Balaban J connectivity index is 1.93. The van der Waals surface area contributed by atoms with Gasteiger partial charge >= 0.3 is 0 Å². The molecule has 1 aliphatic rings. The molecule has 0 bridgehead atoms. The van der Waals surface area contributed by atoms with Gasteiger partial charge in [0.1, 0.15) is 4.64 Å². The van der Waals surface area contributed by atoms with Gasteiger partial charge in [-0.15, -0.1) is 0 Å². The summed E-state index contributed by atoms with van der Waals surface area (Å²) in [7, 11) is 0. The first-order valence-electron chi connectivity index (χ1n) is 6.72. The molecule has 1 aromatic carbocycles. The second kappa shape index (κ2) is 5.20. The van der Waals surface area contributed by atoms with E-state index >= 15 is 0 Å². The van der Waals surface area contributed by atoms with E-state index in [0.29, 0.717) is 10.6 Å². The Kier molecular flexibility index (Phi) is 3.40. The van der Waals surface area contributed by atoms with Crippen LogP contribution >= 0.6 is 12.2 Å². The number of aromatic amines is 1. The van der Waals surface area contributed by atoms with Crippen molar-refractivity contribution in [3.05, 3.63) is 50.8 Å². The number of nitro groups is 1. The number of non-ortho nitro benzene ring substituents is 1. The highest BCUT2D eigenvalue weighted by atomic mass is 32.1. The van der Waals surface area contributed by atoms with Gasteiger partial charge in [-0.3, -0.25) is 15.2 Å². The summed E-state index contributed by atoms with van der Waals surface area (Å²) < 4.78 is 2.52. The monoisotopic (exact) mass is 289 g/mol. The number of hydrogen-bond donors (Lipinski definition) is 1. The maximum absolute atomic E-state index is 10.7. The highest BCUT2D eigenvalue weighted by molar-refractivity contribution is 7.71. The molecular formula is C14H15N3O2S. The second-order valence-electron chi connectivity index (χ2n) is 5.14. The Bertz CT molecular complexity index is 681. The van der Waals surface area contributed by atoms with Crippen molar-refractivity contribution in [2.45, 2.75) is 31.6 Å². The molecule has 1 aromatic heterocycles. The molecule has 0 saturated heterocycles. The smallest absolute Gasteiger partial charge is 0.269 e. The fourth-order valence-electron chi connectivity index (χ4n) is 2.78. The molecule has 1 N–H and O–H groups in total. The molecular weight excluding hydrogens is 274 g/mol. The summed E-state index contributed by atoms with van der Waals surface area (Å²) >= 11 is 5.37. The third-order valence-electron chi connectivity index (χ3n) is 3.85. The Labute approximate surface area is 121 Å². The Morgan fingerprint density at radius 3 is 2.50 bits per heavy atom. The Morgan fingerprint density at radius 2 is 1.90 bits per heavy atom. The van der Waals surface area contributed by atoms with Crippen LogP contribution in [0, 0.1) is 14.8 Å². The zero-order valence-corrected chi connectivity index (χ0v) is 11.7. The van der Waals surface area contributed by atoms with Crippen LogP contribution in [0.4, 0.5) is 5.69 Å². The molecule has 1 aliphatic carbocycles. The topological polar surface area (TPSA) is 63.9 Å². The van der Waals surface area contributed by atoms with E-state index in [1.165, 1.54) is 43.5 Å². The van der Waals surface area contributed by atoms with Crippen LogP contribution in [0.15, 0.2) is 30.3 Å². The van der Waals surface area contributed by atoms with E-state index in [4.69, 9.17) is 12.2 Å². The minimum absolute atomic E-state index is 0.0860. The molecule has 20 heavy (non-hydrogen) atoms. The molecule has 0 unspecified atom stereocenters. The van der Waals surface area contributed by atoms with Crippen LogP contribution in [0.3, 0.4) is 0 Å². The van der Waals surface area contributed by atoms with Gasteiger partial charge in [0.25, 0.3) is 5.69 Å². The van der Waals surface area contributed by atoms with Crippen LogP contribution in [-0.4, -0.2) is 14.7 Å². The number of benzene rings is 1. The Morgan fingerprint density at radius 1 is 1.25 bits per heavy atom. The lowest BCUT2D eigenvalue weighted by molar-refractivity contribution is -0.384. The molecule has 0 spiro atoms. The van der Waals surface area contributed by atoms with Crippen molar-refractivity contribution >= 4 is 17.9 Å². The number of rotatable bonds is 3. The molecule has 1 fully saturated rings. The fourth-order valence-corrected chi connectivity index (χ4v) is 3.05. The van der Waals surface area contributed by atoms with Crippen LogP contribution in [0.25, 0.3) is 5.69 Å². The van der Waals surface area contributed by atoms with E-state index in [9.17, 15) is 10.1 Å². The largest absolute Gasteiger partial charge is 0.297 e. The molecule has 1 saturated carbocycles. The maximum Gasteiger partial charge on any atom is 0.269 e. The summed E-state index contributed by atoms with van der Waals surface area (Å²) in [5, 5.41) is 14.0. The second-order valence-corrected chi connectivity index (χ2v) is 5.56. The zero-order chi connectivity index (χ0) is 14.1. The molecule has 104 valence electrons. The van der Waals surface area contributed by atoms with Gasteiger partial charge in [-0.25, -0.2) is 4.68 Å². The van der Waals surface area contributed by atoms with Crippen molar-refractivity contribution in [3.8, 4) is 5.69 Å². The van der Waals surface area contributed by atoms with Gasteiger partial charge in [0.15, 0.2) is 0 Å². The van der Waals surface area contributed by atoms with Gasteiger partial charge in [-0.2, -0.15) is 0 Å². The van der Waals surface area contributed by atoms with Crippen LogP contribution in [0.2, 0.25) is 0 Å². The molecule has 0 radical (unpaired) electrons. The SMILES string of the molecule is O=[N+]([O-])c1ccc(-n2[nH]c(C3CCCC3)cc2=S)cc1. The van der Waals surface area contributed by atoms with Crippen molar-refractivity contribution in [2.24, 2.45) is 0 Å². The minimum Gasteiger partial charge on any atom is -0.297 e. The van der Waals surface area contributed by atoms with E-state index in [1.54, 1.807) is 12.1 Å². The van der Waals surface area contributed by atoms with E-state index in [1.807, 2.05) is 10.7 Å². The van der Waals surface area contributed by atoms with Crippen LogP contribution in [0.1, 0.15) is 37.3 Å². The van der Waals surface area contributed by atoms with Crippen LogP contribution in [-0.2, 0) is 0 Å². The predicted molar refractivity (Wildman–Crippen MR) is 78.8 cm³/mol. The van der Waals surface area contributed by atoms with Gasteiger partial charge in [-0.1, -0.05) is 25.1 Å². The van der Waals surface area contributed by atoms with E-state index in [0.717, 1.165) is 5.69 Å². The Hall–Kier alpha value is -1.95. The average molecular weight is 289 g/mol. The summed E-state index contributed by atoms with van der Waals surface area (Å²) in [5.74, 6) is 0.566. The summed E-state index contributed by atoms with van der Waals surface area (Å²) in [6.07, 6.45) is 4.95. The number of nitro benzene ring substituents is 1. The summed E-state index contributed by atoms with van der Waals surface area (Å²) in [5.41, 5.74) is 2.08. The van der Waals surface area contributed by atoms with Crippen LogP contribution in [0.5, 0.6) is 0 Å². The zero-order valence-electron chi connectivity index (χ0n) is 10.9. The first-order valence-corrected chi connectivity index (χ1v) is 7.13. The van der Waals surface area contributed by atoms with Gasteiger partial charge < -0.3 is 0 Å². The van der Waals surface area contributed by atoms with Gasteiger partial charge in [0.05, 0.1) is 10.6 Å². The first kappa shape index (κ1) is 13.1. The van der Waals surface area contributed by atoms with Crippen molar-refractivity contribution in [3.63, 3.8) is 0 Å². The lowest BCUT2D eigenvalue weighted by atomic mass is 10.1. The third-order valence-corrected chi connectivity index (χ3v) is 4.15. The number of H-pyrrole nitrogens is 1. The third kappa shape index (κ3) is 2.38. The van der Waals surface area contributed by atoms with E-state index in [2.05, 4.69) is 5.10 Å².